The van der Waals surface area contributed by atoms with E-state index in [1.54, 1.807) is 25.4 Å². The molecule has 200 valence electrons. The summed E-state index contributed by atoms with van der Waals surface area (Å²) >= 11 is 6.30. The highest BCUT2D eigenvalue weighted by Gasteiger charge is 2.33. The van der Waals surface area contributed by atoms with Crippen LogP contribution in [-0.2, 0) is 11.3 Å². The Morgan fingerprint density at radius 2 is 2.12 bits per heavy atom. The first-order valence-electron chi connectivity index (χ1n) is 12.5. The van der Waals surface area contributed by atoms with Crippen molar-refractivity contribution < 1.29 is 14.3 Å². The molecular formula is C27H22ClN9O3. The van der Waals surface area contributed by atoms with Gasteiger partial charge in [0.1, 0.15) is 17.4 Å². The number of amides is 2. The highest BCUT2D eigenvalue weighted by Crippen LogP contribution is 2.31. The predicted molar refractivity (Wildman–Crippen MR) is 145 cm³/mol. The molecule has 1 aromatic carbocycles. The zero-order valence-electron chi connectivity index (χ0n) is 21.2. The van der Waals surface area contributed by atoms with Crippen LogP contribution in [0, 0.1) is 17.2 Å². The van der Waals surface area contributed by atoms with E-state index >= 15 is 0 Å². The Balaban J connectivity index is 1.26. The lowest BCUT2D eigenvalue weighted by Crippen LogP contribution is -2.56. The van der Waals surface area contributed by atoms with E-state index in [9.17, 15) is 9.59 Å². The molecule has 0 spiro atoms. The Bertz CT molecular complexity index is 1790. The summed E-state index contributed by atoms with van der Waals surface area (Å²) in [5.41, 5.74) is 3.43. The number of likely N-dealkylation sites (tertiary alicyclic amines) is 1. The summed E-state index contributed by atoms with van der Waals surface area (Å²) < 4.78 is 7.29. The lowest BCUT2D eigenvalue weighted by Gasteiger charge is -2.36. The standard InChI is InChI=1S/C27H22ClN9O3/c1-15(26(38)36-12-16(9-29)13-36)33-27(39)40-22-11-32-25-24(22)34-20(10-31-25)23-19-6-5-17(28)8-21(19)37(35-23)14-18-4-2-3-7-30-18/h2-8,10-11,15-16H,12-14H2,1H3,(H,31,32)(H,33,39)/t15-/m1/s1. The minimum absolute atomic E-state index is 0.148. The number of H-pyrrole nitrogens is 1. The number of aromatic nitrogens is 6. The normalized spacial score (nSPS) is 14.1. The van der Waals surface area contributed by atoms with Crippen molar-refractivity contribution in [2.24, 2.45) is 5.92 Å². The monoisotopic (exact) mass is 555 g/mol. The first-order valence-corrected chi connectivity index (χ1v) is 12.8. The van der Waals surface area contributed by atoms with Crippen LogP contribution >= 0.6 is 11.6 Å². The minimum Gasteiger partial charge on any atom is -0.406 e. The zero-order valence-corrected chi connectivity index (χ0v) is 22.0. The van der Waals surface area contributed by atoms with Crippen LogP contribution in [0.4, 0.5) is 4.79 Å². The predicted octanol–water partition coefficient (Wildman–Crippen LogP) is 3.53. The maximum absolute atomic E-state index is 12.6. The molecule has 0 aliphatic carbocycles. The highest BCUT2D eigenvalue weighted by atomic mass is 35.5. The fourth-order valence-corrected chi connectivity index (χ4v) is 4.71. The molecular weight excluding hydrogens is 534 g/mol. The molecule has 1 aliphatic rings. The molecule has 0 saturated carbocycles. The molecule has 1 saturated heterocycles. The number of nitrogens with one attached hydrogen (secondary N) is 2. The van der Waals surface area contributed by atoms with Crippen molar-refractivity contribution in [3.05, 3.63) is 65.7 Å². The zero-order chi connectivity index (χ0) is 27.8. The van der Waals surface area contributed by atoms with Gasteiger partial charge in [-0.15, -0.1) is 0 Å². The van der Waals surface area contributed by atoms with Crippen molar-refractivity contribution in [2.75, 3.05) is 13.1 Å². The number of pyridine rings is 1. The molecule has 0 bridgehead atoms. The van der Waals surface area contributed by atoms with Crippen molar-refractivity contribution in [1.29, 1.82) is 5.26 Å². The van der Waals surface area contributed by atoms with E-state index in [1.807, 2.05) is 35.0 Å². The van der Waals surface area contributed by atoms with Gasteiger partial charge in [0.25, 0.3) is 0 Å². The Morgan fingerprint density at radius 1 is 1.27 bits per heavy atom. The number of rotatable bonds is 6. The summed E-state index contributed by atoms with van der Waals surface area (Å²) in [6.07, 6.45) is 3.98. The van der Waals surface area contributed by atoms with Crippen molar-refractivity contribution in [2.45, 2.75) is 19.5 Å². The number of benzene rings is 1. The average Bonchev–Trinajstić information content (AvgIpc) is 3.49. The Morgan fingerprint density at radius 3 is 2.90 bits per heavy atom. The van der Waals surface area contributed by atoms with Gasteiger partial charge in [0.2, 0.25) is 5.91 Å². The quantitative estimate of drug-likeness (QED) is 0.322. The number of nitriles is 1. The summed E-state index contributed by atoms with van der Waals surface area (Å²) in [6.45, 7) is 2.71. The second kappa shape index (κ2) is 10.3. The molecule has 5 heterocycles. The van der Waals surface area contributed by atoms with Gasteiger partial charge in [0, 0.05) is 35.9 Å². The van der Waals surface area contributed by atoms with E-state index in [0.717, 1.165) is 16.6 Å². The molecule has 6 rings (SSSR count). The number of nitrogens with zero attached hydrogens (tertiary/aromatic N) is 7. The fraction of sp³-hybridized carbons (Fsp3) is 0.222. The van der Waals surface area contributed by atoms with Gasteiger partial charge in [-0.25, -0.2) is 14.8 Å². The number of halogens is 1. The topological polar surface area (TPSA) is 155 Å². The number of hydrogen-bond donors (Lipinski definition) is 2. The second-order valence-electron chi connectivity index (χ2n) is 9.42. The first kappa shape index (κ1) is 25.3. The average molecular weight is 556 g/mol. The Hall–Kier alpha value is -5.02. The van der Waals surface area contributed by atoms with Crippen molar-refractivity contribution in [3.63, 3.8) is 0 Å². The molecule has 40 heavy (non-hydrogen) atoms. The van der Waals surface area contributed by atoms with Crippen LogP contribution in [-0.4, -0.2) is 65.7 Å². The lowest BCUT2D eigenvalue weighted by atomic mass is 10.0. The summed E-state index contributed by atoms with van der Waals surface area (Å²) in [7, 11) is 0. The minimum atomic E-state index is -0.819. The molecule has 2 N–H and O–H groups in total. The molecule has 1 fully saturated rings. The van der Waals surface area contributed by atoms with Crippen molar-refractivity contribution >= 4 is 45.7 Å². The largest absolute Gasteiger partial charge is 0.413 e. The molecule has 2 amide bonds. The summed E-state index contributed by atoms with van der Waals surface area (Å²) in [5.74, 6) is -0.300. The third-order valence-electron chi connectivity index (χ3n) is 6.62. The molecule has 12 nitrogen and oxygen atoms in total. The van der Waals surface area contributed by atoms with Gasteiger partial charge in [-0.1, -0.05) is 17.7 Å². The van der Waals surface area contributed by atoms with Gasteiger partial charge in [-0.05, 0) is 37.3 Å². The molecule has 1 aliphatic heterocycles. The van der Waals surface area contributed by atoms with Crippen LogP contribution < -0.4 is 10.1 Å². The van der Waals surface area contributed by atoms with Gasteiger partial charge in [-0.3, -0.25) is 14.5 Å². The van der Waals surface area contributed by atoms with Crippen molar-refractivity contribution in [3.8, 4) is 23.2 Å². The van der Waals surface area contributed by atoms with Crippen LogP contribution in [0.3, 0.4) is 0 Å². The van der Waals surface area contributed by atoms with Crippen LogP contribution in [0.15, 0.2) is 55.0 Å². The number of fused-ring (bicyclic) bond motifs is 2. The van der Waals surface area contributed by atoms with E-state index in [2.05, 4.69) is 26.3 Å². The van der Waals surface area contributed by atoms with Gasteiger partial charge < -0.3 is 19.9 Å². The third kappa shape index (κ3) is 4.78. The smallest absolute Gasteiger partial charge is 0.406 e. The number of hydrogen-bond acceptors (Lipinski definition) is 8. The van der Waals surface area contributed by atoms with Crippen LogP contribution in [0.1, 0.15) is 12.6 Å². The van der Waals surface area contributed by atoms with E-state index in [1.165, 1.54) is 11.1 Å². The number of carbonyl (C=O) groups excluding carboxylic acids is 2. The molecule has 13 heteroatoms. The molecule has 0 radical (unpaired) electrons. The molecule has 4 aromatic heterocycles. The Kier molecular flexibility index (Phi) is 6.49. The Labute approximate surface area is 232 Å². The lowest BCUT2D eigenvalue weighted by molar-refractivity contribution is -0.137. The molecule has 5 aromatic rings. The van der Waals surface area contributed by atoms with Crippen LogP contribution in [0.5, 0.6) is 5.75 Å². The van der Waals surface area contributed by atoms with Gasteiger partial charge in [0.15, 0.2) is 16.9 Å². The highest BCUT2D eigenvalue weighted by molar-refractivity contribution is 6.31. The second-order valence-corrected chi connectivity index (χ2v) is 9.86. The first-order chi connectivity index (χ1) is 19.4. The third-order valence-corrected chi connectivity index (χ3v) is 6.86. The maximum Gasteiger partial charge on any atom is 0.413 e. The van der Waals surface area contributed by atoms with Gasteiger partial charge in [0.05, 0.1) is 35.9 Å². The van der Waals surface area contributed by atoms with E-state index in [0.29, 0.717) is 47.2 Å². The summed E-state index contributed by atoms with van der Waals surface area (Å²) in [6, 6.07) is 12.5. The van der Waals surface area contributed by atoms with E-state index < -0.39 is 12.1 Å². The summed E-state index contributed by atoms with van der Waals surface area (Å²) in [4.78, 5) is 43.1. The summed E-state index contributed by atoms with van der Waals surface area (Å²) in [5, 5.41) is 17.6. The van der Waals surface area contributed by atoms with E-state index in [4.69, 9.17) is 31.7 Å². The van der Waals surface area contributed by atoms with Gasteiger partial charge >= 0.3 is 6.09 Å². The number of aromatic amines is 1. The molecule has 1 atom stereocenters. The maximum atomic E-state index is 12.6. The number of ether oxygens (including phenoxy) is 1. The SMILES string of the molecule is C[C@@H](NC(=O)Oc1c[nH]c2ncc(-c3nn(Cc4ccccn4)c4cc(Cl)ccc34)nc12)C(=O)N1CC(C#N)C1. The van der Waals surface area contributed by atoms with Crippen LogP contribution in [0.2, 0.25) is 5.02 Å². The number of carbonyl (C=O) groups is 2. The van der Waals surface area contributed by atoms with Crippen molar-refractivity contribution in [1.82, 2.24) is 39.9 Å². The van der Waals surface area contributed by atoms with Crippen LogP contribution in [0.25, 0.3) is 33.5 Å². The fourth-order valence-electron chi connectivity index (χ4n) is 4.54. The van der Waals surface area contributed by atoms with E-state index in [-0.39, 0.29) is 17.6 Å². The molecule has 0 unspecified atom stereocenters. The van der Waals surface area contributed by atoms with Gasteiger partial charge in [-0.2, -0.15) is 10.4 Å².